The van der Waals surface area contributed by atoms with Gasteiger partial charge in [0.15, 0.2) is 0 Å². The van der Waals surface area contributed by atoms with Gasteiger partial charge in [0.05, 0.1) is 11.7 Å². The molecule has 2 rings (SSSR count). The lowest BCUT2D eigenvalue weighted by atomic mass is 10.0. The van der Waals surface area contributed by atoms with E-state index >= 15 is 0 Å². The minimum Gasteiger partial charge on any atom is -0.309 e. The molecule has 0 aliphatic rings. The molecule has 4 heteroatoms. The first-order valence-corrected chi connectivity index (χ1v) is 7.11. The lowest BCUT2D eigenvalue weighted by Gasteiger charge is -2.17. The summed E-state index contributed by atoms with van der Waals surface area (Å²) >= 11 is 2.32. The Morgan fingerprint density at radius 1 is 1.22 bits per heavy atom. The molecule has 0 spiro atoms. The Bertz CT molecular complexity index is 470. The lowest BCUT2D eigenvalue weighted by Crippen LogP contribution is -2.24. The van der Waals surface area contributed by atoms with Crippen LogP contribution in [-0.2, 0) is 6.42 Å². The number of likely N-dealkylation sites (N-methyl/N-ethyl adjacent to an activating group) is 1. The second-order valence-electron chi connectivity index (χ2n) is 4.07. The average molecular weight is 353 g/mol. The summed E-state index contributed by atoms with van der Waals surface area (Å²) < 4.78 is 1.26. The smallest absolute Gasteiger partial charge is 0.0759 e. The first-order valence-electron chi connectivity index (χ1n) is 6.03. The summed E-state index contributed by atoms with van der Waals surface area (Å²) in [6.45, 7) is 3.03. The third kappa shape index (κ3) is 3.74. The Labute approximate surface area is 121 Å². The van der Waals surface area contributed by atoms with Gasteiger partial charge in [-0.15, -0.1) is 0 Å². The second-order valence-corrected chi connectivity index (χ2v) is 5.32. The van der Waals surface area contributed by atoms with E-state index in [9.17, 15) is 0 Å². The van der Waals surface area contributed by atoms with E-state index in [0.717, 1.165) is 18.7 Å². The molecule has 0 saturated carbocycles. The van der Waals surface area contributed by atoms with Gasteiger partial charge in [0.2, 0.25) is 0 Å². The maximum Gasteiger partial charge on any atom is 0.0759 e. The zero-order chi connectivity index (χ0) is 12.8. The van der Waals surface area contributed by atoms with E-state index in [2.05, 4.69) is 69.1 Å². The third-order valence-electron chi connectivity index (χ3n) is 2.74. The molecular formula is C14H16IN3. The predicted molar refractivity (Wildman–Crippen MR) is 81.3 cm³/mol. The molecule has 1 aromatic heterocycles. The van der Waals surface area contributed by atoms with Crippen molar-refractivity contribution in [2.45, 2.75) is 19.4 Å². The van der Waals surface area contributed by atoms with Crippen LogP contribution in [0.15, 0.2) is 42.9 Å². The highest BCUT2D eigenvalue weighted by molar-refractivity contribution is 14.1. The van der Waals surface area contributed by atoms with Gasteiger partial charge in [0, 0.05) is 22.2 Å². The fourth-order valence-electron chi connectivity index (χ4n) is 1.87. The average Bonchev–Trinajstić information content (AvgIpc) is 2.42. The van der Waals surface area contributed by atoms with Gasteiger partial charge in [0.1, 0.15) is 0 Å². The van der Waals surface area contributed by atoms with Crippen molar-refractivity contribution >= 4 is 22.6 Å². The number of nitrogens with zero attached hydrogens (tertiary/aromatic N) is 2. The summed E-state index contributed by atoms with van der Waals surface area (Å²) in [4.78, 5) is 8.52. The van der Waals surface area contributed by atoms with Gasteiger partial charge >= 0.3 is 0 Å². The lowest BCUT2D eigenvalue weighted by molar-refractivity contribution is 0.534. The van der Waals surface area contributed by atoms with Gasteiger partial charge in [0.25, 0.3) is 0 Å². The first kappa shape index (κ1) is 13.4. The number of aromatic nitrogens is 2. The molecule has 0 saturated heterocycles. The molecule has 2 aromatic rings. The molecular weight excluding hydrogens is 337 g/mol. The summed E-state index contributed by atoms with van der Waals surface area (Å²) in [5, 5.41) is 3.46. The summed E-state index contributed by atoms with van der Waals surface area (Å²) in [6.07, 6.45) is 6.22. The highest BCUT2D eigenvalue weighted by Crippen LogP contribution is 2.16. The van der Waals surface area contributed by atoms with E-state index in [1.807, 2.05) is 6.20 Å². The molecule has 1 aromatic carbocycles. The van der Waals surface area contributed by atoms with E-state index in [-0.39, 0.29) is 6.04 Å². The summed E-state index contributed by atoms with van der Waals surface area (Å²) in [6, 6.07) is 8.83. The monoisotopic (exact) mass is 353 g/mol. The minimum atomic E-state index is 0.226. The van der Waals surface area contributed by atoms with Gasteiger partial charge in [-0.2, -0.15) is 0 Å². The van der Waals surface area contributed by atoms with Crippen LogP contribution in [0.4, 0.5) is 0 Å². The summed E-state index contributed by atoms with van der Waals surface area (Å²) in [5.41, 5.74) is 2.31. The molecule has 0 aliphatic heterocycles. The maximum atomic E-state index is 4.38. The van der Waals surface area contributed by atoms with Crippen LogP contribution < -0.4 is 5.32 Å². The van der Waals surface area contributed by atoms with E-state index < -0.39 is 0 Å². The number of rotatable bonds is 5. The van der Waals surface area contributed by atoms with Gasteiger partial charge < -0.3 is 5.32 Å². The molecule has 0 amide bonds. The number of nitrogens with one attached hydrogen (secondary N) is 1. The van der Waals surface area contributed by atoms with Crippen LogP contribution in [0, 0.1) is 3.57 Å². The normalized spacial score (nSPS) is 12.3. The maximum absolute atomic E-state index is 4.38. The largest absolute Gasteiger partial charge is 0.309 e. The van der Waals surface area contributed by atoms with Crippen LogP contribution in [-0.4, -0.2) is 16.5 Å². The Morgan fingerprint density at radius 2 is 2.00 bits per heavy atom. The fraction of sp³-hybridized carbons (Fsp3) is 0.286. The van der Waals surface area contributed by atoms with Crippen LogP contribution in [0.3, 0.4) is 0 Å². The highest BCUT2D eigenvalue weighted by Gasteiger charge is 2.12. The van der Waals surface area contributed by atoms with Gasteiger partial charge in [-0.1, -0.05) is 19.1 Å². The quantitative estimate of drug-likeness (QED) is 0.840. The Hall–Kier alpha value is -1.01. The zero-order valence-electron chi connectivity index (χ0n) is 10.3. The van der Waals surface area contributed by atoms with E-state index in [1.54, 1.807) is 12.4 Å². The van der Waals surface area contributed by atoms with Gasteiger partial charge in [-0.05, 0) is 53.3 Å². The molecule has 94 valence electrons. The van der Waals surface area contributed by atoms with Gasteiger partial charge in [-0.3, -0.25) is 9.97 Å². The highest BCUT2D eigenvalue weighted by atomic mass is 127. The summed E-state index contributed by atoms with van der Waals surface area (Å²) in [5.74, 6) is 0. The zero-order valence-corrected chi connectivity index (χ0v) is 12.5. The van der Waals surface area contributed by atoms with Crippen LogP contribution >= 0.6 is 22.6 Å². The third-order valence-corrected chi connectivity index (χ3v) is 3.46. The number of hydrogen-bond donors (Lipinski definition) is 1. The summed E-state index contributed by atoms with van der Waals surface area (Å²) in [7, 11) is 0. The predicted octanol–water partition coefficient (Wildman–Crippen LogP) is 2.97. The fourth-order valence-corrected chi connectivity index (χ4v) is 2.23. The number of benzene rings is 1. The first-order chi connectivity index (χ1) is 8.79. The van der Waals surface area contributed by atoms with Crippen molar-refractivity contribution < 1.29 is 0 Å². The minimum absolute atomic E-state index is 0.226. The Morgan fingerprint density at radius 3 is 2.61 bits per heavy atom. The van der Waals surface area contributed by atoms with Crippen LogP contribution in [0.5, 0.6) is 0 Å². The van der Waals surface area contributed by atoms with Crippen LogP contribution in [0.2, 0.25) is 0 Å². The van der Waals surface area contributed by atoms with Crippen molar-refractivity contribution in [1.82, 2.24) is 15.3 Å². The Kier molecular flexibility index (Phi) is 5.07. The van der Waals surface area contributed by atoms with Crippen molar-refractivity contribution in [1.29, 1.82) is 0 Å². The number of hydrogen-bond acceptors (Lipinski definition) is 3. The van der Waals surface area contributed by atoms with E-state index in [0.29, 0.717) is 0 Å². The van der Waals surface area contributed by atoms with Crippen molar-refractivity contribution in [2.24, 2.45) is 0 Å². The van der Waals surface area contributed by atoms with E-state index in [4.69, 9.17) is 0 Å². The van der Waals surface area contributed by atoms with Crippen molar-refractivity contribution in [3.8, 4) is 0 Å². The molecule has 18 heavy (non-hydrogen) atoms. The molecule has 1 atom stereocenters. The van der Waals surface area contributed by atoms with Crippen molar-refractivity contribution in [3.63, 3.8) is 0 Å². The van der Waals surface area contributed by atoms with Crippen molar-refractivity contribution in [3.05, 3.63) is 57.7 Å². The molecule has 0 aliphatic carbocycles. The SMILES string of the molecule is CCNC(Cc1ccc(I)cc1)c1cnccn1. The molecule has 1 N–H and O–H groups in total. The number of halogens is 1. The Balaban J connectivity index is 2.14. The van der Waals surface area contributed by atoms with Crippen molar-refractivity contribution in [2.75, 3.05) is 6.54 Å². The van der Waals surface area contributed by atoms with Crippen LogP contribution in [0.25, 0.3) is 0 Å². The molecule has 0 radical (unpaired) electrons. The molecule has 3 nitrogen and oxygen atoms in total. The second kappa shape index (κ2) is 6.80. The van der Waals surface area contributed by atoms with Gasteiger partial charge in [-0.25, -0.2) is 0 Å². The van der Waals surface area contributed by atoms with Crippen LogP contribution in [0.1, 0.15) is 24.2 Å². The van der Waals surface area contributed by atoms with E-state index in [1.165, 1.54) is 9.13 Å². The topological polar surface area (TPSA) is 37.8 Å². The molecule has 1 unspecified atom stereocenters. The molecule has 0 bridgehead atoms. The molecule has 0 fully saturated rings. The molecule has 1 heterocycles. The standard InChI is InChI=1S/C14H16IN3/c1-2-17-13(14-10-16-7-8-18-14)9-11-3-5-12(15)6-4-11/h3-8,10,13,17H,2,9H2,1H3.